The predicted octanol–water partition coefficient (Wildman–Crippen LogP) is 3.23. The van der Waals surface area contributed by atoms with E-state index in [1.165, 1.54) is 20.9 Å². The number of rotatable bonds is 1. The molecule has 1 N–H and O–H groups in total. The van der Waals surface area contributed by atoms with Crippen LogP contribution in [0.3, 0.4) is 0 Å². The third-order valence-corrected chi connectivity index (χ3v) is 4.11. The van der Waals surface area contributed by atoms with Crippen molar-refractivity contribution in [3.05, 3.63) is 59.2 Å². The fourth-order valence-corrected chi connectivity index (χ4v) is 3.15. The number of hydrogen-bond donors (Lipinski definition) is 1. The van der Waals surface area contributed by atoms with E-state index >= 15 is 0 Å². The van der Waals surface area contributed by atoms with Crippen molar-refractivity contribution < 1.29 is 5.11 Å². The fourth-order valence-electron chi connectivity index (χ4n) is 2.01. The smallest absolute Gasteiger partial charge is 0.0682 e. The first-order valence-electron chi connectivity index (χ1n) is 5.35. The second kappa shape index (κ2) is 3.96. The number of aliphatic hydroxyl groups is 1. The van der Waals surface area contributed by atoms with E-state index in [1.807, 2.05) is 6.07 Å². The maximum Gasteiger partial charge on any atom is 0.0682 e. The average Bonchev–Trinajstić information content (AvgIpc) is 2.35. The zero-order valence-corrected chi connectivity index (χ0v) is 9.63. The summed E-state index contributed by atoms with van der Waals surface area (Å²) in [6.07, 6.45) is 1.00. The van der Waals surface area contributed by atoms with Crippen LogP contribution in [-0.4, -0.2) is 5.11 Å². The van der Waals surface area contributed by atoms with E-state index in [4.69, 9.17) is 5.11 Å². The molecule has 16 heavy (non-hydrogen) atoms. The molecule has 0 atom stereocenters. The van der Waals surface area contributed by atoms with Crippen LogP contribution in [0.15, 0.2) is 52.3 Å². The van der Waals surface area contributed by atoms with Gasteiger partial charge in [0.1, 0.15) is 0 Å². The number of benzene rings is 2. The van der Waals surface area contributed by atoms with Gasteiger partial charge in [0.2, 0.25) is 0 Å². The molecule has 1 aliphatic rings. The van der Waals surface area contributed by atoms with Gasteiger partial charge in [-0.15, -0.1) is 0 Å². The van der Waals surface area contributed by atoms with E-state index in [2.05, 4.69) is 36.4 Å². The first-order valence-corrected chi connectivity index (χ1v) is 6.17. The Balaban J connectivity index is 2.05. The summed E-state index contributed by atoms with van der Waals surface area (Å²) >= 11 is 1.80. The molecule has 2 aromatic carbocycles. The molecule has 2 aromatic rings. The normalized spacial score (nSPS) is 13.1. The number of aliphatic hydroxyl groups excluding tert-OH is 1. The quantitative estimate of drug-likeness (QED) is 0.690. The van der Waals surface area contributed by atoms with Crippen LogP contribution in [-0.2, 0) is 13.0 Å². The molecule has 0 bridgehead atoms. The third kappa shape index (κ3) is 1.64. The summed E-state index contributed by atoms with van der Waals surface area (Å²) in [4.78, 5) is 2.62. The highest BCUT2D eigenvalue weighted by Crippen LogP contribution is 2.39. The first-order chi connectivity index (χ1) is 7.86. The molecule has 0 spiro atoms. The second-order valence-electron chi connectivity index (χ2n) is 3.99. The lowest BCUT2D eigenvalue weighted by atomic mass is 10.0. The van der Waals surface area contributed by atoms with Crippen molar-refractivity contribution in [2.45, 2.75) is 22.8 Å². The summed E-state index contributed by atoms with van der Waals surface area (Å²) in [7, 11) is 0. The molecule has 0 aromatic heterocycles. The van der Waals surface area contributed by atoms with Crippen LogP contribution in [0.2, 0.25) is 0 Å². The number of fused-ring (bicyclic) bond motifs is 2. The van der Waals surface area contributed by atoms with Crippen LogP contribution in [0.4, 0.5) is 0 Å². The van der Waals surface area contributed by atoms with E-state index in [-0.39, 0.29) is 6.61 Å². The van der Waals surface area contributed by atoms with Gasteiger partial charge in [0.25, 0.3) is 0 Å². The molecule has 0 saturated carbocycles. The van der Waals surface area contributed by atoms with Crippen molar-refractivity contribution in [2.24, 2.45) is 0 Å². The van der Waals surface area contributed by atoms with E-state index in [0.717, 1.165) is 12.0 Å². The van der Waals surface area contributed by atoms with Gasteiger partial charge in [0, 0.05) is 9.79 Å². The molecular formula is C14H12OS. The van der Waals surface area contributed by atoms with Gasteiger partial charge < -0.3 is 5.11 Å². The maximum atomic E-state index is 9.13. The van der Waals surface area contributed by atoms with Crippen molar-refractivity contribution in [1.82, 2.24) is 0 Å². The highest BCUT2D eigenvalue weighted by atomic mass is 32.2. The molecule has 3 rings (SSSR count). The molecule has 1 heterocycles. The molecule has 0 radical (unpaired) electrons. The summed E-state index contributed by atoms with van der Waals surface area (Å²) in [6, 6.07) is 14.7. The fraction of sp³-hybridized carbons (Fsp3) is 0.143. The van der Waals surface area contributed by atoms with Crippen molar-refractivity contribution in [3.8, 4) is 0 Å². The van der Waals surface area contributed by atoms with Gasteiger partial charge in [0.15, 0.2) is 0 Å². The van der Waals surface area contributed by atoms with E-state index in [1.54, 1.807) is 11.8 Å². The first kappa shape index (κ1) is 9.94. The third-order valence-electron chi connectivity index (χ3n) is 2.89. The van der Waals surface area contributed by atoms with Gasteiger partial charge in [-0.2, -0.15) is 0 Å². The minimum Gasteiger partial charge on any atom is -0.392 e. The molecule has 0 unspecified atom stereocenters. The molecular weight excluding hydrogens is 216 g/mol. The number of hydrogen-bond acceptors (Lipinski definition) is 2. The van der Waals surface area contributed by atoms with Crippen LogP contribution in [0.1, 0.15) is 16.7 Å². The summed E-state index contributed by atoms with van der Waals surface area (Å²) < 4.78 is 0. The molecule has 1 aliphatic heterocycles. The van der Waals surface area contributed by atoms with Crippen LogP contribution in [0, 0.1) is 0 Å². The zero-order chi connectivity index (χ0) is 11.0. The Hall–Kier alpha value is -1.25. The Bertz CT molecular complexity index is 534. The molecule has 0 fully saturated rings. The summed E-state index contributed by atoms with van der Waals surface area (Å²) in [6.45, 7) is 0.121. The molecule has 1 nitrogen and oxygen atoms in total. The molecule has 80 valence electrons. The molecule has 0 amide bonds. The standard InChI is InChI=1S/C14H12OS/c15-9-10-5-6-12-8-11-3-1-2-4-13(11)16-14(12)7-10/h1-7,15H,8-9H2. The van der Waals surface area contributed by atoms with Crippen molar-refractivity contribution in [1.29, 1.82) is 0 Å². The van der Waals surface area contributed by atoms with Crippen LogP contribution >= 0.6 is 11.8 Å². The Morgan fingerprint density at radius 1 is 1.00 bits per heavy atom. The Morgan fingerprint density at radius 2 is 1.81 bits per heavy atom. The predicted molar refractivity (Wildman–Crippen MR) is 65.7 cm³/mol. The summed E-state index contributed by atoms with van der Waals surface area (Å²) in [5, 5.41) is 9.13. The molecule has 0 saturated heterocycles. The highest BCUT2D eigenvalue weighted by molar-refractivity contribution is 7.99. The minimum absolute atomic E-state index is 0.121. The lowest BCUT2D eigenvalue weighted by molar-refractivity contribution is 0.281. The monoisotopic (exact) mass is 228 g/mol. The van der Waals surface area contributed by atoms with Gasteiger partial charge in [-0.25, -0.2) is 0 Å². The van der Waals surface area contributed by atoms with Gasteiger partial charge in [0.05, 0.1) is 6.61 Å². The zero-order valence-electron chi connectivity index (χ0n) is 8.81. The van der Waals surface area contributed by atoms with E-state index < -0.39 is 0 Å². The average molecular weight is 228 g/mol. The van der Waals surface area contributed by atoms with Crippen LogP contribution in [0.25, 0.3) is 0 Å². The Morgan fingerprint density at radius 3 is 2.69 bits per heavy atom. The lowest BCUT2D eigenvalue weighted by Crippen LogP contribution is -2.00. The highest BCUT2D eigenvalue weighted by Gasteiger charge is 2.15. The molecule has 0 aliphatic carbocycles. The van der Waals surface area contributed by atoms with Gasteiger partial charge in [-0.05, 0) is 35.2 Å². The summed E-state index contributed by atoms with van der Waals surface area (Å²) in [5.74, 6) is 0. The molecule has 2 heteroatoms. The second-order valence-corrected chi connectivity index (χ2v) is 5.07. The maximum absolute atomic E-state index is 9.13. The van der Waals surface area contributed by atoms with Crippen LogP contribution < -0.4 is 0 Å². The van der Waals surface area contributed by atoms with Gasteiger partial charge in [-0.1, -0.05) is 42.1 Å². The van der Waals surface area contributed by atoms with E-state index in [0.29, 0.717) is 0 Å². The Kier molecular flexibility index (Phi) is 2.46. The van der Waals surface area contributed by atoms with Crippen molar-refractivity contribution in [2.75, 3.05) is 0 Å². The van der Waals surface area contributed by atoms with Crippen molar-refractivity contribution >= 4 is 11.8 Å². The lowest BCUT2D eigenvalue weighted by Gasteiger charge is -2.19. The minimum atomic E-state index is 0.121. The van der Waals surface area contributed by atoms with E-state index in [9.17, 15) is 0 Å². The van der Waals surface area contributed by atoms with Crippen molar-refractivity contribution in [3.63, 3.8) is 0 Å². The van der Waals surface area contributed by atoms with Gasteiger partial charge in [-0.3, -0.25) is 0 Å². The Labute approximate surface area is 99.1 Å². The summed E-state index contributed by atoms with van der Waals surface area (Å²) in [5.41, 5.74) is 3.75. The van der Waals surface area contributed by atoms with Gasteiger partial charge >= 0.3 is 0 Å². The SMILES string of the molecule is OCc1ccc2c(c1)Sc1ccccc1C2. The largest absolute Gasteiger partial charge is 0.392 e. The van der Waals surface area contributed by atoms with Crippen LogP contribution in [0.5, 0.6) is 0 Å². The topological polar surface area (TPSA) is 20.2 Å².